The number of hydrogen-bond acceptors (Lipinski definition) is 5. The van der Waals surface area contributed by atoms with Crippen molar-refractivity contribution in [1.29, 1.82) is 0 Å². The van der Waals surface area contributed by atoms with Crippen LogP contribution in [0.2, 0.25) is 0 Å². The predicted molar refractivity (Wildman–Crippen MR) is 78.7 cm³/mol. The van der Waals surface area contributed by atoms with Crippen LogP contribution in [0.1, 0.15) is 10.7 Å². The Hall–Kier alpha value is -2.08. The first-order valence-electron chi connectivity index (χ1n) is 6.04. The van der Waals surface area contributed by atoms with Gasteiger partial charge in [0.15, 0.2) is 0 Å². The first-order chi connectivity index (χ1) is 9.60. The van der Waals surface area contributed by atoms with Crippen molar-refractivity contribution in [3.8, 4) is 11.5 Å². The van der Waals surface area contributed by atoms with Crippen molar-refractivity contribution in [2.24, 2.45) is 0 Å². The van der Waals surface area contributed by atoms with Crippen LogP contribution in [-0.4, -0.2) is 25.1 Å². The van der Waals surface area contributed by atoms with Crippen LogP contribution in [0, 0.1) is 6.92 Å². The maximum atomic E-state index is 12.0. The fraction of sp³-hybridized carbons (Fsp3) is 0.286. The van der Waals surface area contributed by atoms with E-state index in [1.54, 1.807) is 32.4 Å². The fourth-order valence-corrected chi connectivity index (χ4v) is 2.35. The summed E-state index contributed by atoms with van der Waals surface area (Å²) in [5, 5.41) is 5.66. The Morgan fingerprint density at radius 1 is 1.25 bits per heavy atom. The molecule has 0 spiro atoms. The third kappa shape index (κ3) is 3.71. The zero-order valence-corrected chi connectivity index (χ0v) is 12.4. The van der Waals surface area contributed by atoms with Gasteiger partial charge in [0, 0.05) is 29.3 Å². The Labute approximate surface area is 121 Å². The second-order valence-electron chi connectivity index (χ2n) is 4.18. The summed E-state index contributed by atoms with van der Waals surface area (Å²) in [7, 11) is 3.14. The van der Waals surface area contributed by atoms with Crippen LogP contribution in [0.15, 0.2) is 23.6 Å². The van der Waals surface area contributed by atoms with E-state index in [-0.39, 0.29) is 12.3 Å². The summed E-state index contributed by atoms with van der Waals surface area (Å²) in [4.78, 5) is 16.2. The van der Waals surface area contributed by atoms with Gasteiger partial charge < -0.3 is 14.8 Å². The monoisotopic (exact) mass is 292 g/mol. The van der Waals surface area contributed by atoms with Crippen molar-refractivity contribution in [2.45, 2.75) is 13.3 Å². The van der Waals surface area contributed by atoms with Crippen molar-refractivity contribution >= 4 is 22.9 Å². The number of aryl methyl sites for hydroxylation is 1. The van der Waals surface area contributed by atoms with Crippen LogP contribution in [0.4, 0.5) is 5.69 Å². The van der Waals surface area contributed by atoms with Crippen LogP contribution < -0.4 is 14.8 Å². The average Bonchev–Trinajstić information content (AvgIpc) is 2.83. The van der Waals surface area contributed by atoms with E-state index < -0.39 is 0 Å². The van der Waals surface area contributed by atoms with E-state index in [4.69, 9.17) is 9.47 Å². The lowest BCUT2D eigenvalue weighted by molar-refractivity contribution is -0.115. The van der Waals surface area contributed by atoms with Crippen molar-refractivity contribution in [3.05, 3.63) is 34.3 Å². The highest BCUT2D eigenvalue weighted by molar-refractivity contribution is 7.09. The lowest BCUT2D eigenvalue weighted by atomic mass is 10.2. The van der Waals surface area contributed by atoms with E-state index in [0.29, 0.717) is 17.2 Å². The van der Waals surface area contributed by atoms with Gasteiger partial charge in [0.2, 0.25) is 5.91 Å². The molecular weight excluding hydrogens is 276 g/mol. The number of ether oxygens (including phenoxy) is 2. The predicted octanol–water partition coefficient (Wildman–Crippen LogP) is 2.65. The summed E-state index contributed by atoms with van der Waals surface area (Å²) in [5.74, 6) is 1.14. The molecule has 1 aromatic carbocycles. The summed E-state index contributed by atoms with van der Waals surface area (Å²) in [6.45, 7) is 1.92. The Kier molecular flexibility index (Phi) is 4.57. The largest absolute Gasteiger partial charge is 0.497 e. The third-order valence-electron chi connectivity index (χ3n) is 2.64. The molecule has 0 unspecified atom stereocenters. The first kappa shape index (κ1) is 14.3. The normalized spacial score (nSPS) is 10.2. The zero-order chi connectivity index (χ0) is 14.5. The molecule has 1 N–H and O–H groups in total. The molecule has 0 aliphatic carbocycles. The highest BCUT2D eigenvalue weighted by Gasteiger charge is 2.09. The number of benzene rings is 1. The Bertz CT molecular complexity index is 588. The number of thiazole rings is 1. The molecule has 1 heterocycles. The minimum absolute atomic E-state index is 0.120. The van der Waals surface area contributed by atoms with Crippen molar-refractivity contribution in [3.63, 3.8) is 0 Å². The molecule has 0 saturated carbocycles. The number of aromatic nitrogens is 1. The van der Waals surface area contributed by atoms with Crippen LogP contribution in [0.3, 0.4) is 0 Å². The first-order valence-corrected chi connectivity index (χ1v) is 6.92. The summed E-state index contributed by atoms with van der Waals surface area (Å²) in [5.41, 5.74) is 1.41. The molecular formula is C14H16N2O3S. The number of rotatable bonds is 5. The maximum Gasteiger partial charge on any atom is 0.230 e. The number of methoxy groups -OCH3 is 2. The van der Waals surface area contributed by atoms with E-state index in [2.05, 4.69) is 10.3 Å². The quantitative estimate of drug-likeness (QED) is 0.920. The number of hydrogen-bond donors (Lipinski definition) is 1. The maximum absolute atomic E-state index is 12.0. The van der Waals surface area contributed by atoms with Gasteiger partial charge in [-0.3, -0.25) is 4.79 Å². The molecule has 1 aromatic heterocycles. The molecule has 0 atom stereocenters. The van der Waals surface area contributed by atoms with Gasteiger partial charge in [-0.05, 0) is 6.92 Å². The minimum Gasteiger partial charge on any atom is -0.497 e. The molecule has 6 heteroatoms. The lowest BCUT2D eigenvalue weighted by Gasteiger charge is -2.09. The van der Waals surface area contributed by atoms with Crippen molar-refractivity contribution in [1.82, 2.24) is 4.98 Å². The molecule has 0 radical (unpaired) electrons. The van der Waals surface area contributed by atoms with Crippen molar-refractivity contribution in [2.75, 3.05) is 19.5 Å². The Balaban J connectivity index is 2.07. The smallest absolute Gasteiger partial charge is 0.230 e. The van der Waals surface area contributed by atoms with Crippen LogP contribution >= 0.6 is 11.3 Å². The molecule has 0 aliphatic rings. The molecule has 5 nitrogen and oxygen atoms in total. The molecule has 2 rings (SSSR count). The van der Waals surface area contributed by atoms with Gasteiger partial charge in [-0.15, -0.1) is 11.3 Å². The van der Waals surface area contributed by atoms with E-state index in [0.717, 1.165) is 10.7 Å². The van der Waals surface area contributed by atoms with Crippen LogP contribution in [0.5, 0.6) is 11.5 Å². The molecule has 106 valence electrons. The van der Waals surface area contributed by atoms with Gasteiger partial charge in [-0.1, -0.05) is 0 Å². The standard InChI is InChI=1S/C14H16N2O3S/c1-9-15-11(8-20-9)6-14(17)16-10-4-12(18-2)7-13(5-10)19-3/h4-5,7-8H,6H2,1-3H3,(H,16,17). The molecule has 0 saturated heterocycles. The van der Waals surface area contributed by atoms with Gasteiger partial charge in [0.1, 0.15) is 11.5 Å². The second kappa shape index (κ2) is 6.38. The average molecular weight is 292 g/mol. The molecule has 0 fully saturated rings. The highest BCUT2D eigenvalue weighted by atomic mass is 32.1. The number of nitrogens with one attached hydrogen (secondary N) is 1. The van der Waals surface area contributed by atoms with Gasteiger partial charge in [-0.25, -0.2) is 4.98 Å². The topological polar surface area (TPSA) is 60.5 Å². The summed E-state index contributed by atoms with van der Waals surface area (Å²) < 4.78 is 10.3. The van der Waals surface area contributed by atoms with Gasteiger partial charge in [0.05, 0.1) is 31.3 Å². The van der Waals surface area contributed by atoms with Crippen molar-refractivity contribution < 1.29 is 14.3 Å². The Morgan fingerprint density at radius 3 is 2.40 bits per heavy atom. The molecule has 20 heavy (non-hydrogen) atoms. The SMILES string of the molecule is COc1cc(NC(=O)Cc2csc(C)n2)cc(OC)c1. The number of amides is 1. The van der Waals surface area contributed by atoms with Gasteiger partial charge >= 0.3 is 0 Å². The number of anilines is 1. The van der Waals surface area contributed by atoms with Crippen LogP contribution in [-0.2, 0) is 11.2 Å². The summed E-state index contributed by atoms with van der Waals surface area (Å²) >= 11 is 1.53. The summed E-state index contributed by atoms with van der Waals surface area (Å²) in [6.07, 6.45) is 0.254. The molecule has 0 aliphatic heterocycles. The van der Waals surface area contributed by atoms with Crippen LogP contribution in [0.25, 0.3) is 0 Å². The summed E-state index contributed by atoms with van der Waals surface area (Å²) in [6, 6.07) is 5.24. The number of carbonyl (C=O) groups excluding carboxylic acids is 1. The molecule has 2 aromatic rings. The van der Waals surface area contributed by atoms with E-state index in [1.165, 1.54) is 11.3 Å². The lowest BCUT2D eigenvalue weighted by Crippen LogP contribution is -2.14. The Morgan fingerprint density at radius 2 is 1.90 bits per heavy atom. The van der Waals surface area contributed by atoms with Gasteiger partial charge in [0.25, 0.3) is 0 Å². The van der Waals surface area contributed by atoms with E-state index in [1.807, 2.05) is 12.3 Å². The number of carbonyl (C=O) groups is 1. The number of nitrogens with zero attached hydrogens (tertiary/aromatic N) is 1. The van der Waals surface area contributed by atoms with E-state index >= 15 is 0 Å². The van der Waals surface area contributed by atoms with E-state index in [9.17, 15) is 4.79 Å². The second-order valence-corrected chi connectivity index (χ2v) is 5.25. The fourth-order valence-electron chi connectivity index (χ4n) is 1.74. The molecule has 1 amide bonds. The minimum atomic E-state index is -0.120. The third-order valence-corrected chi connectivity index (χ3v) is 3.47. The van der Waals surface area contributed by atoms with Gasteiger partial charge in [-0.2, -0.15) is 0 Å². The zero-order valence-electron chi connectivity index (χ0n) is 11.6. The molecule has 0 bridgehead atoms. The highest BCUT2D eigenvalue weighted by Crippen LogP contribution is 2.25.